The van der Waals surface area contributed by atoms with E-state index in [1.54, 1.807) is 30.3 Å². The third-order valence-electron chi connectivity index (χ3n) is 4.83. The van der Waals surface area contributed by atoms with E-state index in [1.165, 1.54) is 39.8 Å². The number of carbonyl (C=O) groups is 2. The van der Waals surface area contributed by atoms with Crippen molar-refractivity contribution in [2.75, 3.05) is 16.8 Å². The summed E-state index contributed by atoms with van der Waals surface area (Å²) >= 11 is 3.73. The first-order valence-corrected chi connectivity index (χ1v) is 13.9. The van der Waals surface area contributed by atoms with Crippen molar-refractivity contribution in [3.63, 3.8) is 0 Å². The molecule has 0 aliphatic heterocycles. The Labute approximate surface area is 227 Å². The number of carbonyl (C=O) groups excluding carboxylic acids is 2. The zero-order chi connectivity index (χ0) is 27.1. The molecule has 0 unspecified atom stereocenters. The predicted molar refractivity (Wildman–Crippen MR) is 140 cm³/mol. The lowest BCUT2D eigenvalue weighted by molar-refractivity contribution is -0.137. The molecule has 0 saturated carbocycles. The van der Waals surface area contributed by atoms with Crippen molar-refractivity contribution < 1.29 is 22.8 Å². The molecule has 2 amide bonds. The number of aromatic nitrogens is 5. The second-order valence-corrected chi connectivity index (χ2v) is 10.9. The fourth-order valence-electron chi connectivity index (χ4n) is 3.17. The van der Waals surface area contributed by atoms with Gasteiger partial charge in [-0.2, -0.15) is 13.2 Å². The van der Waals surface area contributed by atoms with Crippen LogP contribution in [0.4, 0.5) is 18.3 Å². The van der Waals surface area contributed by atoms with Gasteiger partial charge in [0, 0.05) is 5.56 Å². The molecule has 0 spiro atoms. The number of hydrogen-bond acceptors (Lipinski definition) is 9. The van der Waals surface area contributed by atoms with Crippen LogP contribution in [-0.4, -0.2) is 48.3 Å². The molecule has 2 aromatic heterocycles. The van der Waals surface area contributed by atoms with Crippen molar-refractivity contribution in [2.45, 2.75) is 29.1 Å². The highest BCUT2D eigenvalue weighted by atomic mass is 32.2. The largest absolute Gasteiger partial charge is 0.416 e. The van der Waals surface area contributed by atoms with Gasteiger partial charge in [0.1, 0.15) is 0 Å². The molecule has 15 heteroatoms. The van der Waals surface area contributed by atoms with Crippen molar-refractivity contribution in [3.05, 3.63) is 71.5 Å². The van der Waals surface area contributed by atoms with E-state index in [4.69, 9.17) is 0 Å². The standard InChI is InChI=1S/C23H20F3N7O2S3/c1-2-36-22-32-30-20(38-22)28-18(34)13-37-21-31-29-17(12-27-19(35)14-7-4-3-5-8-14)33(21)16-10-6-9-15(11-16)23(24,25)26/h3-11H,2,12-13H2,1H3,(H,27,35)(H,28,30,34). The molecule has 0 fully saturated rings. The van der Waals surface area contributed by atoms with Crippen LogP contribution in [0.3, 0.4) is 0 Å². The molecule has 4 aromatic rings. The second kappa shape index (κ2) is 12.4. The molecule has 0 atom stereocenters. The summed E-state index contributed by atoms with van der Waals surface area (Å²) in [6.45, 7) is 1.87. The first-order chi connectivity index (χ1) is 18.2. The van der Waals surface area contributed by atoms with Crippen LogP contribution in [0.5, 0.6) is 0 Å². The van der Waals surface area contributed by atoms with Crippen LogP contribution in [0.1, 0.15) is 28.7 Å². The Morgan fingerprint density at radius 2 is 1.79 bits per heavy atom. The molecule has 4 rings (SSSR count). The molecule has 9 nitrogen and oxygen atoms in total. The highest BCUT2D eigenvalue weighted by molar-refractivity contribution is 8.01. The Morgan fingerprint density at radius 1 is 1.00 bits per heavy atom. The Balaban J connectivity index is 1.54. The van der Waals surface area contributed by atoms with Crippen LogP contribution >= 0.6 is 34.9 Å². The lowest BCUT2D eigenvalue weighted by Gasteiger charge is -2.13. The summed E-state index contributed by atoms with van der Waals surface area (Å²) in [7, 11) is 0. The molecule has 38 heavy (non-hydrogen) atoms. The van der Waals surface area contributed by atoms with Crippen LogP contribution in [0, 0.1) is 0 Å². The Morgan fingerprint density at radius 3 is 2.53 bits per heavy atom. The molecule has 2 heterocycles. The molecular weight excluding hydrogens is 559 g/mol. The van der Waals surface area contributed by atoms with Gasteiger partial charge in [0.2, 0.25) is 11.0 Å². The van der Waals surface area contributed by atoms with Gasteiger partial charge in [-0.25, -0.2) is 0 Å². The number of hydrogen-bond donors (Lipinski definition) is 2. The van der Waals surface area contributed by atoms with Crippen LogP contribution < -0.4 is 10.6 Å². The van der Waals surface area contributed by atoms with E-state index in [9.17, 15) is 22.8 Å². The highest BCUT2D eigenvalue weighted by Gasteiger charge is 2.31. The minimum absolute atomic E-state index is 0.105. The van der Waals surface area contributed by atoms with Gasteiger partial charge in [-0.3, -0.25) is 19.5 Å². The molecule has 0 bridgehead atoms. The van der Waals surface area contributed by atoms with Crippen molar-refractivity contribution in [1.29, 1.82) is 0 Å². The first kappa shape index (κ1) is 27.6. The van der Waals surface area contributed by atoms with Gasteiger partial charge in [-0.1, -0.05) is 66.0 Å². The minimum atomic E-state index is -4.56. The topological polar surface area (TPSA) is 115 Å². The smallest absolute Gasteiger partial charge is 0.345 e. The van der Waals surface area contributed by atoms with Gasteiger partial charge in [0.25, 0.3) is 5.91 Å². The monoisotopic (exact) mass is 579 g/mol. The molecule has 2 N–H and O–H groups in total. The molecule has 0 aliphatic rings. The summed E-state index contributed by atoms with van der Waals surface area (Å²) in [5, 5.41) is 21.9. The molecule has 0 saturated heterocycles. The number of nitrogens with one attached hydrogen (secondary N) is 2. The van der Waals surface area contributed by atoms with E-state index < -0.39 is 17.6 Å². The van der Waals surface area contributed by atoms with Gasteiger partial charge < -0.3 is 5.32 Å². The van der Waals surface area contributed by atoms with E-state index in [2.05, 4.69) is 31.0 Å². The van der Waals surface area contributed by atoms with Gasteiger partial charge in [0.15, 0.2) is 15.3 Å². The van der Waals surface area contributed by atoms with E-state index in [-0.39, 0.29) is 34.9 Å². The summed E-state index contributed by atoms with van der Waals surface area (Å²) in [4.78, 5) is 25.0. The molecule has 2 aromatic carbocycles. The summed E-state index contributed by atoms with van der Waals surface area (Å²) in [6, 6.07) is 13.1. The van der Waals surface area contributed by atoms with E-state index in [0.29, 0.717) is 10.7 Å². The average Bonchev–Trinajstić information content (AvgIpc) is 3.52. The van der Waals surface area contributed by atoms with Gasteiger partial charge in [0.05, 0.1) is 23.5 Å². The summed E-state index contributed by atoms with van der Waals surface area (Å²) in [5.41, 5.74) is -0.295. The Bertz CT molecular complexity index is 1410. The third kappa shape index (κ3) is 7.11. The average molecular weight is 580 g/mol. The fraction of sp³-hybridized carbons (Fsp3) is 0.217. The zero-order valence-corrected chi connectivity index (χ0v) is 22.2. The highest BCUT2D eigenvalue weighted by Crippen LogP contribution is 2.32. The Hall–Kier alpha value is -3.43. The second-order valence-electron chi connectivity index (χ2n) is 7.47. The molecule has 0 aliphatic carbocycles. The minimum Gasteiger partial charge on any atom is -0.345 e. The van der Waals surface area contributed by atoms with Crippen molar-refractivity contribution in [3.8, 4) is 5.69 Å². The first-order valence-electron chi connectivity index (χ1n) is 11.1. The molecule has 198 valence electrons. The summed E-state index contributed by atoms with van der Waals surface area (Å²) < 4.78 is 42.3. The van der Waals surface area contributed by atoms with E-state index >= 15 is 0 Å². The van der Waals surface area contributed by atoms with Gasteiger partial charge in [-0.15, -0.1) is 20.4 Å². The number of anilines is 1. The molecular formula is C23H20F3N7O2S3. The Kier molecular flexibility index (Phi) is 9.01. The van der Waals surface area contributed by atoms with Crippen LogP contribution in [0.2, 0.25) is 0 Å². The number of benzene rings is 2. The number of thioether (sulfide) groups is 2. The summed E-state index contributed by atoms with van der Waals surface area (Å²) in [5.74, 6) is 0.134. The lowest BCUT2D eigenvalue weighted by atomic mass is 10.2. The van der Waals surface area contributed by atoms with E-state index in [1.807, 2.05) is 6.92 Å². The number of nitrogens with zero attached hydrogens (tertiary/aromatic N) is 5. The lowest BCUT2D eigenvalue weighted by Crippen LogP contribution is -2.24. The normalized spacial score (nSPS) is 11.4. The number of halogens is 3. The maximum Gasteiger partial charge on any atom is 0.416 e. The quantitative estimate of drug-likeness (QED) is 0.201. The van der Waals surface area contributed by atoms with Crippen LogP contribution in [0.15, 0.2) is 64.1 Å². The summed E-state index contributed by atoms with van der Waals surface area (Å²) in [6.07, 6.45) is -4.56. The maximum absolute atomic E-state index is 13.4. The van der Waals surface area contributed by atoms with Crippen molar-refractivity contribution >= 4 is 51.8 Å². The fourth-order valence-corrected chi connectivity index (χ4v) is 5.60. The number of alkyl halides is 3. The molecule has 0 radical (unpaired) electrons. The van der Waals surface area contributed by atoms with Crippen molar-refractivity contribution in [2.24, 2.45) is 0 Å². The van der Waals surface area contributed by atoms with Crippen LogP contribution in [-0.2, 0) is 17.5 Å². The zero-order valence-electron chi connectivity index (χ0n) is 19.7. The van der Waals surface area contributed by atoms with Gasteiger partial charge >= 0.3 is 6.18 Å². The SMILES string of the molecule is CCSc1nnc(NC(=O)CSc2nnc(CNC(=O)c3ccccc3)n2-c2cccc(C(F)(F)F)c2)s1. The number of amides is 2. The maximum atomic E-state index is 13.4. The van der Waals surface area contributed by atoms with Gasteiger partial charge in [-0.05, 0) is 36.1 Å². The predicted octanol–water partition coefficient (Wildman–Crippen LogP) is 4.91. The third-order valence-corrected chi connectivity index (χ3v) is 7.61. The van der Waals surface area contributed by atoms with Crippen LogP contribution in [0.25, 0.3) is 5.69 Å². The van der Waals surface area contributed by atoms with E-state index in [0.717, 1.165) is 34.0 Å². The van der Waals surface area contributed by atoms with Crippen molar-refractivity contribution in [1.82, 2.24) is 30.3 Å². The number of rotatable bonds is 10.